The SMILES string of the molecule is CC/C=C\C/C=C\C/C=C\CCCCCCCC(=O)NC(CS(=O)(=O)O)C(O)/C=C/CCCCCCCCCCC. The molecule has 0 saturated heterocycles. The number of amides is 1. The summed E-state index contributed by atoms with van der Waals surface area (Å²) in [4.78, 5) is 12.4. The van der Waals surface area contributed by atoms with E-state index in [-0.39, 0.29) is 12.3 Å². The van der Waals surface area contributed by atoms with Crippen LogP contribution in [0.25, 0.3) is 0 Å². The number of hydrogen-bond acceptors (Lipinski definition) is 4. The fourth-order valence-electron chi connectivity index (χ4n) is 4.58. The molecule has 0 radical (unpaired) electrons. The summed E-state index contributed by atoms with van der Waals surface area (Å²) in [5.41, 5.74) is 0. The number of carbonyl (C=O) groups excluding carboxylic acids is 1. The van der Waals surface area contributed by atoms with Crippen LogP contribution in [0, 0.1) is 0 Å². The van der Waals surface area contributed by atoms with Crippen LogP contribution in [0.4, 0.5) is 0 Å². The van der Waals surface area contributed by atoms with Gasteiger partial charge in [-0.05, 0) is 51.4 Å². The van der Waals surface area contributed by atoms with E-state index in [0.717, 1.165) is 70.6 Å². The molecule has 6 nitrogen and oxygen atoms in total. The molecule has 238 valence electrons. The van der Waals surface area contributed by atoms with Gasteiger partial charge >= 0.3 is 0 Å². The molecule has 0 aliphatic rings. The van der Waals surface area contributed by atoms with Crippen LogP contribution < -0.4 is 5.32 Å². The van der Waals surface area contributed by atoms with E-state index in [9.17, 15) is 22.9 Å². The van der Waals surface area contributed by atoms with Gasteiger partial charge in [0.15, 0.2) is 0 Å². The molecule has 0 aromatic carbocycles. The summed E-state index contributed by atoms with van der Waals surface area (Å²) in [6, 6.07) is -1.06. The van der Waals surface area contributed by atoms with Gasteiger partial charge in [0.05, 0.1) is 17.9 Å². The van der Waals surface area contributed by atoms with Gasteiger partial charge < -0.3 is 10.4 Å². The number of aliphatic hydroxyl groups excluding tert-OH is 1. The third-order valence-corrected chi connectivity index (χ3v) is 7.79. The zero-order valence-electron chi connectivity index (χ0n) is 26.2. The lowest BCUT2D eigenvalue weighted by atomic mass is 10.1. The Labute approximate surface area is 252 Å². The van der Waals surface area contributed by atoms with Crippen molar-refractivity contribution in [3.63, 3.8) is 0 Å². The van der Waals surface area contributed by atoms with E-state index in [2.05, 4.69) is 55.6 Å². The number of unbranched alkanes of at least 4 members (excludes halogenated alkanes) is 14. The molecule has 1 amide bonds. The number of hydrogen-bond donors (Lipinski definition) is 3. The fraction of sp³-hybridized carbons (Fsp3) is 0.735. The molecule has 7 heteroatoms. The second-order valence-corrected chi connectivity index (χ2v) is 12.6. The first-order valence-corrected chi connectivity index (χ1v) is 17.9. The van der Waals surface area contributed by atoms with Gasteiger partial charge in [0.1, 0.15) is 0 Å². The number of rotatable bonds is 28. The lowest BCUT2D eigenvalue weighted by molar-refractivity contribution is -0.122. The third-order valence-electron chi connectivity index (χ3n) is 7.01. The second kappa shape index (κ2) is 28.4. The van der Waals surface area contributed by atoms with Gasteiger partial charge in [-0.15, -0.1) is 0 Å². The van der Waals surface area contributed by atoms with Gasteiger partial charge in [-0.2, -0.15) is 8.42 Å². The highest BCUT2D eigenvalue weighted by Gasteiger charge is 2.24. The van der Waals surface area contributed by atoms with Crippen LogP contribution in [0.5, 0.6) is 0 Å². The van der Waals surface area contributed by atoms with E-state index in [1.807, 2.05) is 6.08 Å². The van der Waals surface area contributed by atoms with Crippen molar-refractivity contribution in [2.75, 3.05) is 5.75 Å². The lowest BCUT2D eigenvalue weighted by Gasteiger charge is -2.21. The quantitative estimate of drug-likeness (QED) is 0.0476. The molecule has 0 saturated carbocycles. The highest BCUT2D eigenvalue weighted by molar-refractivity contribution is 7.85. The number of aliphatic hydroxyl groups is 1. The van der Waals surface area contributed by atoms with E-state index < -0.39 is 28.0 Å². The molecule has 0 rings (SSSR count). The molecule has 2 unspecified atom stereocenters. The molecular weight excluding hydrogens is 534 g/mol. The predicted molar refractivity (Wildman–Crippen MR) is 175 cm³/mol. The first-order valence-electron chi connectivity index (χ1n) is 16.3. The van der Waals surface area contributed by atoms with Crippen LogP contribution in [-0.2, 0) is 14.9 Å². The Hall–Kier alpha value is -1.70. The van der Waals surface area contributed by atoms with E-state index in [4.69, 9.17) is 0 Å². The van der Waals surface area contributed by atoms with Crippen LogP contribution in [0.1, 0.15) is 142 Å². The van der Waals surface area contributed by atoms with Crippen molar-refractivity contribution in [2.24, 2.45) is 0 Å². The number of nitrogens with one attached hydrogen (secondary N) is 1. The molecule has 0 aliphatic carbocycles. The lowest BCUT2D eigenvalue weighted by Crippen LogP contribution is -2.46. The zero-order valence-corrected chi connectivity index (χ0v) is 27.0. The minimum absolute atomic E-state index is 0.274. The van der Waals surface area contributed by atoms with Crippen molar-refractivity contribution in [3.05, 3.63) is 48.6 Å². The minimum Gasteiger partial charge on any atom is -0.387 e. The Morgan fingerprint density at radius 3 is 1.73 bits per heavy atom. The van der Waals surface area contributed by atoms with E-state index in [1.165, 1.54) is 51.0 Å². The van der Waals surface area contributed by atoms with Gasteiger partial charge in [0.25, 0.3) is 10.1 Å². The third kappa shape index (κ3) is 29.6. The molecule has 0 bridgehead atoms. The monoisotopic (exact) mass is 595 g/mol. The van der Waals surface area contributed by atoms with Crippen LogP contribution in [0.2, 0.25) is 0 Å². The Morgan fingerprint density at radius 1 is 0.683 bits per heavy atom. The van der Waals surface area contributed by atoms with Gasteiger partial charge in [-0.1, -0.05) is 133 Å². The summed E-state index contributed by atoms with van der Waals surface area (Å²) in [5.74, 6) is -1.01. The Kier molecular flexibility index (Phi) is 27.2. The predicted octanol–water partition coefficient (Wildman–Crippen LogP) is 8.79. The summed E-state index contributed by atoms with van der Waals surface area (Å²) in [6.07, 6.45) is 36.6. The van der Waals surface area contributed by atoms with Crippen LogP contribution in [0.15, 0.2) is 48.6 Å². The summed E-state index contributed by atoms with van der Waals surface area (Å²) < 4.78 is 32.2. The zero-order chi connectivity index (χ0) is 30.4. The average Bonchev–Trinajstić information content (AvgIpc) is 2.92. The maximum absolute atomic E-state index is 12.4. The summed E-state index contributed by atoms with van der Waals surface area (Å²) in [7, 11) is -4.34. The smallest absolute Gasteiger partial charge is 0.267 e. The van der Waals surface area contributed by atoms with Crippen molar-refractivity contribution in [1.29, 1.82) is 0 Å². The summed E-state index contributed by atoms with van der Waals surface area (Å²) >= 11 is 0. The second-order valence-electron chi connectivity index (χ2n) is 11.1. The van der Waals surface area contributed by atoms with E-state index >= 15 is 0 Å². The summed E-state index contributed by atoms with van der Waals surface area (Å²) in [5, 5.41) is 13.1. The molecule has 3 N–H and O–H groups in total. The molecule has 0 aliphatic heterocycles. The maximum atomic E-state index is 12.4. The van der Waals surface area contributed by atoms with Gasteiger partial charge in [0, 0.05) is 6.42 Å². The summed E-state index contributed by atoms with van der Waals surface area (Å²) in [6.45, 7) is 4.36. The standard InChI is InChI=1S/C34H61NO5S/c1-3-5-7-9-11-13-15-16-17-18-20-22-24-26-28-30-34(37)35-32(31-41(38,39)40)33(36)29-27-25-23-21-19-14-12-10-8-6-4-2/h5,7,11,13,16-17,27,29,32-33,36H,3-4,6,8-10,12,14-15,18-26,28,30-31H2,1-2H3,(H,35,37)(H,38,39,40)/b7-5-,13-11-,17-16-,29-27+. The molecule has 0 fully saturated rings. The van der Waals surface area contributed by atoms with Crippen molar-refractivity contribution < 1.29 is 22.9 Å². The van der Waals surface area contributed by atoms with Crippen molar-refractivity contribution >= 4 is 16.0 Å². The fourth-order valence-corrected chi connectivity index (χ4v) is 5.31. The van der Waals surface area contributed by atoms with Crippen molar-refractivity contribution in [2.45, 2.75) is 154 Å². The van der Waals surface area contributed by atoms with E-state index in [1.54, 1.807) is 0 Å². The van der Waals surface area contributed by atoms with Crippen molar-refractivity contribution in [3.8, 4) is 0 Å². The Balaban J connectivity index is 4.10. The number of carbonyl (C=O) groups is 1. The van der Waals surface area contributed by atoms with Gasteiger partial charge in [-0.25, -0.2) is 0 Å². The molecule has 0 spiro atoms. The number of allylic oxidation sites excluding steroid dienone is 7. The first-order chi connectivity index (χ1) is 19.8. The van der Waals surface area contributed by atoms with Gasteiger partial charge in [-0.3, -0.25) is 9.35 Å². The largest absolute Gasteiger partial charge is 0.387 e. The molecule has 0 aromatic heterocycles. The maximum Gasteiger partial charge on any atom is 0.267 e. The highest BCUT2D eigenvalue weighted by atomic mass is 32.2. The molecular formula is C34H61NO5S. The average molecular weight is 596 g/mol. The van der Waals surface area contributed by atoms with Crippen LogP contribution >= 0.6 is 0 Å². The molecule has 0 heterocycles. The molecule has 41 heavy (non-hydrogen) atoms. The normalized spacial score (nSPS) is 14.1. The molecule has 0 aromatic rings. The Bertz CT molecular complexity index is 832. The first kappa shape index (κ1) is 39.3. The highest BCUT2D eigenvalue weighted by Crippen LogP contribution is 2.12. The van der Waals surface area contributed by atoms with Crippen LogP contribution in [-0.4, -0.2) is 41.9 Å². The van der Waals surface area contributed by atoms with Crippen LogP contribution in [0.3, 0.4) is 0 Å². The van der Waals surface area contributed by atoms with Crippen molar-refractivity contribution in [1.82, 2.24) is 5.32 Å². The van der Waals surface area contributed by atoms with E-state index in [0.29, 0.717) is 6.42 Å². The van der Waals surface area contributed by atoms with Gasteiger partial charge in [0.2, 0.25) is 5.91 Å². The topological polar surface area (TPSA) is 104 Å². The minimum atomic E-state index is -4.34. The molecule has 2 atom stereocenters. The Morgan fingerprint density at radius 2 is 1.17 bits per heavy atom.